The number of aryl methyl sites for hydroxylation is 1. The molecule has 0 aromatic carbocycles. The number of halogens is 1. The Morgan fingerprint density at radius 2 is 2.38 bits per heavy atom. The number of hydrogen-bond donors (Lipinski definition) is 0. The molecule has 1 aliphatic heterocycles. The van der Waals surface area contributed by atoms with Crippen LogP contribution in [-0.2, 0) is 18.3 Å². The zero-order chi connectivity index (χ0) is 9.42. The summed E-state index contributed by atoms with van der Waals surface area (Å²) in [7, 11) is 0. The van der Waals surface area contributed by atoms with E-state index in [1.165, 1.54) is 30.1 Å². The SMILES string of the molecule is Cc1nc(CBr)c2n1CCC(C)C2. The van der Waals surface area contributed by atoms with Crippen molar-refractivity contribution in [2.75, 3.05) is 0 Å². The van der Waals surface area contributed by atoms with Crippen molar-refractivity contribution >= 4 is 15.9 Å². The highest BCUT2D eigenvalue weighted by Crippen LogP contribution is 2.25. The molecule has 2 heterocycles. The van der Waals surface area contributed by atoms with Crippen LogP contribution in [0.2, 0.25) is 0 Å². The van der Waals surface area contributed by atoms with Crippen LogP contribution in [-0.4, -0.2) is 9.55 Å². The van der Waals surface area contributed by atoms with Crippen molar-refractivity contribution in [3.63, 3.8) is 0 Å². The minimum atomic E-state index is 0.821. The fourth-order valence-electron chi connectivity index (χ4n) is 2.08. The van der Waals surface area contributed by atoms with Crippen molar-refractivity contribution in [3.05, 3.63) is 17.2 Å². The lowest BCUT2D eigenvalue weighted by atomic mass is 9.97. The third-order valence-corrected chi connectivity index (χ3v) is 3.39. The first-order valence-corrected chi connectivity index (χ1v) is 5.95. The fraction of sp³-hybridized carbons (Fsp3) is 0.700. The Balaban J connectivity index is 2.43. The van der Waals surface area contributed by atoms with Crippen LogP contribution < -0.4 is 0 Å². The predicted molar refractivity (Wildman–Crippen MR) is 57.1 cm³/mol. The van der Waals surface area contributed by atoms with Crippen molar-refractivity contribution in [2.45, 2.75) is 38.6 Å². The molecule has 0 N–H and O–H groups in total. The molecule has 1 aromatic heterocycles. The standard InChI is InChI=1S/C10H15BrN2/c1-7-3-4-13-8(2)12-9(6-11)10(13)5-7/h7H,3-6H2,1-2H3. The van der Waals surface area contributed by atoms with Gasteiger partial charge in [0.15, 0.2) is 0 Å². The van der Waals surface area contributed by atoms with E-state index in [0.29, 0.717) is 0 Å². The smallest absolute Gasteiger partial charge is 0.106 e. The molecule has 0 amide bonds. The van der Waals surface area contributed by atoms with E-state index >= 15 is 0 Å². The van der Waals surface area contributed by atoms with Crippen LogP contribution in [0, 0.1) is 12.8 Å². The van der Waals surface area contributed by atoms with Gasteiger partial charge in [0.05, 0.1) is 5.69 Å². The molecule has 13 heavy (non-hydrogen) atoms. The summed E-state index contributed by atoms with van der Waals surface area (Å²) >= 11 is 3.49. The number of fused-ring (bicyclic) bond motifs is 1. The summed E-state index contributed by atoms with van der Waals surface area (Å²) in [5.74, 6) is 2.00. The number of imidazole rings is 1. The second kappa shape index (κ2) is 3.45. The molecule has 0 fully saturated rings. The fourth-order valence-corrected chi connectivity index (χ4v) is 2.53. The molecule has 1 unspecified atom stereocenters. The molecular weight excluding hydrogens is 228 g/mol. The summed E-state index contributed by atoms with van der Waals surface area (Å²) in [5, 5.41) is 0.892. The van der Waals surface area contributed by atoms with Gasteiger partial charge in [-0.1, -0.05) is 22.9 Å². The summed E-state index contributed by atoms with van der Waals surface area (Å²) in [6.07, 6.45) is 2.49. The molecule has 0 saturated carbocycles. The molecule has 0 bridgehead atoms. The van der Waals surface area contributed by atoms with Gasteiger partial charge in [-0.25, -0.2) is 4.98 Å². The lowest BCUT2D eigenvalue weighted by Crippen LogP contribution is -2.18. The van der Waals surface area contributed by atoms with Crippen LogP contribution in [0.4, 0.5) is 0 Å². The van der Waals surface area contributed by atoms with Crippen LogP contribution in [0.25, 0.3) is 0 Å². The first kappa shape index (κ1) is 9.25. The van der Waals surface area contributed by atoms with Crippen molar-refractivity contribution in [1.29, 1.82) is 0 Å². The van der Waals surface area contributed by atoms with Crippen molar-refractivity contribution < 1.29 is 0 Å². The van der Waals surface area contributed by atoms with E-state index in [1.54, 1.807) is 0 Å². The topological polar surface area (TPSA) is 17.8 Å². The summed E-state index contributed by atoms with van der Waals surface area (Å²) in [4.78, 5) is 4.56. The summed E-state index contributed by atoms with van der Waals surface area (Å²) in [6.45, 7) is 5.58. The van der Waals surface area contributed by atoms with Gasteiger partial charge in [-0.05, 0) is 25.7 Å². The number of hydrogen-bond acceptors (Lipinski definition) is 1. The van der Waals surface area contributed by atoms with Gasteiger partial charge >= 0.3 is 0 Å². The molecular formula is C10H15BrN2. The third kappa shape index (κ3) is 1.54. The molecule has 2 nitrogen and oxygen atoms in total. The monoisotopic (exact) mass is 242 g/mol. The normalized spacial score (nSPS) is 21.6. The Hall–Kier alpha value is -0.310. The minimum absolute atomic E-state index is 0.821. The largest absolute Gasteiger partial charge is 0.332 e. The summed E-state index contributed by atoms with van der Waals surface area (Å²) in [6, 6.07) is 0. The number of alkyl halides is 1. The maximum atomic E-state index is 4.56. The molecule has 72 valence electrons. The van der Waals surface area contributed by atoms with E-state index in [1.807, 2.05) is 0 Å². The zero-order valence-corrected chi connectivity index (χ0v) is 9.76. The molecule has 1 aliphatic rings. The van der Waals surface area contributed by atoms with E-state index in [2.05, 4.69) is 39.3 Å². The van der Waals surface area contributed by atoms with Gasteiger partial charge in [0.1, 0.15) is 5.82 Å². The first-order valence-electron chi connectivity index (χ1n) is 4.83. The first-order chi connectivity index (χ1) is 6.22. The van der Waals surface area contributed by atoms with E-state index in [0.717, 1.165) is 17.8 Å². The molecule has 3 heteroatoms. The second-order valence-corrected chi connectivity index (χ2v) is 4.50. The van der Waals surface area contributed by atoms with Gasteiger partial charge in [-0.15, -0.1) is 0 Å². The lowest BCUT2D eigenvalue weighted by molar-refractivity contribution is 0.411. The Kier molecular flexibility index (Phi) is 2.45. The Labute approximate surface area is 87.5 Å². The van der Waals surface area contributed by atoms with Gasteiger partial charge in [-0.2, -0.15) is 0 Å². The van der Waals surface area contributed by atoms with Crippen LogP contribution in [0.3, 0.4) is 0 Å². The van der Waals surface area contributed by atoms with E-state index in [-0.39, 0.29) is 0 Å². The van der Waals surface area contributed by atoms with Crippen LogP contribution in [0.5, 0.6) is 0 Å². The summed E-state index contributed by atoms with van der Waals surface area (Å²) < 4.78 is 2.37. The van der Waals surface area contributed by atoms with Gasteiger partial charge in [0.25, 0.3) is 0 Å². The van der Waals surface area contributed by atoms with Gasteiger partial charge in [-0.3, -0.25) is 0 Å². The third-order valence-electron chi connectivity index (χ3n) is 2.86. The molecule has 0 saturated heterocycles. The van der Waals surface area contributed by atoms with Gasteiger partial charge < -0.3 is 4.57 Å². The molecule has 0 aliphatic carbocycles. The minimum Gasteiger partial charge on any atom is -0.332 e. The maximum Gasteiger partial charge on any atom is 0.106 e. The molecule has 0 spiro atoms. The molecule has 1 aromatic rings. The lowest BCUT2D eigenvalue weighted by Gasteiger charge is -2.21. The highest BCUT2D eigenvalue weighted by molar-refractivity contribution is 9.08. The van der Waals surface area contributed by atoms with E-state index in [9.17, 15) is 0 Å². The molecule has 1 atom stereocenters. The second-order valence-electron chi connectivity index (χ2n) is 3.94. The number of aromatic nitrogens is 2. The van der Waals surface area contributed by atoms with Gasteiger partial charge in [0, 0.05) is 17.6 Å². The number of nitrogens with zero attached hydrogens (tertiary/aromatic N) is 2. The Morgan fingerprint density at radius 1 is 1.62 bits per heavy atom. The molecule has 2 rings (SSSR count). The number of rotatable bonds is 1. The highest BCUT2D eigenvalue weighted by Gasteiger charge is 2.20. The van der Waals surface area contributed by atoms with Gasteiger partial charge in [0.2, 0.25) is 0 Å². The zero-order valence-electron chi connectivity index (χ0n) is 8.18. The summed E-state index contributed by atoms with van der Waals surface area (Å²) in [5.41, 5.74) is 2.69. The van der Waals surface area contributed by atoms with Crippen molar-refractivity contribution in [1.82, 2.24) is 9.55 Å². The van der Waals surface area contributed by atoms with Crippen molar-refractivity contribution in [2.24, 2.45) is 5.92 Å². The highest BCUT2D eigenvalue weighted by atomic mass is 79.9. The predicted octanol–water partition coefficient (Wildman–Crippen LogP) is 2.67. The van der Waals surface area contributed by atoms with Crippen LogP contribution >= 0.6 is 15.9 Å². The maximum absolute atomic E-state index is 4.56. The molecule has 0 radical (unpaired) electrons. The Bertz CT molecular complexity index is 317. The Morgan fingerprint density at radius 3 is 3.08 bits per heavy atom. The van der Waals surface area contributed by atoms with Crippen LogP contribution in [0.15, 0.2) is 0 Å². The van der Waals surface area contributed by atoms with Crippen LogP contribution in [0.1, 0.15) is 30.6 Å². The van der Waals surface area contributed by atoms with E-state index in [4.69, 9.17) is 0 Å². The quantitative estimate of drug-likeness (QED) is 0.693. The average molecular weight is 243 g/mol. The van der Waals surface area contributed by atoms with Crippen molar-refractivity contribution in [3.8, 4) is 0 Å². The van der Waals surface area contributed by atoms with E-state index < -0.39 is 0 Å². The average Bonchev–Trinajstić information content (AvgIpc) is 2.42.